The van der Waals surface area contributed by atoms with Gasteiger partial charge >= 0.3 is 6.18 Å². The van der Waals surface area contributed by atoms with Crippen LogP contribution in [0.25, 0.3) is 0 Å². The summed E-state index contributed by atoms with van der Waals surface area (Å²) < 4.78 is 54.6. The Morgan fingerprint density at radius 2 is 2.12 bits per heavy atom. The maximum Gasteiger partial charge on any atom is 0.436 e. The summed E-state index contributed by atoms with van der Waals surface area (Å²) in [5, 5.41) is 0. The summed E-state index contributed by atoms with van der Waals surface area (Å²) in [6, 6.07) is 0. The van der Waals surface area contributed by atoms with Gasteiger partial charge in [-0.05, 0) is 12.8 Å². The first-order valence-electron chi connectivity index (χ1n) is 4.55. The molecule has 1 aromatic rings. The normalized spacial score (nSPS) is 18.3. The van der Waals surface area contributed by atoms with Crippen LogP contribution in [0, 0.1) is 5.82 Å². The molecule has 0 aliphatic carbocycles. The number of hydrogen-bond acceptors (Lipinski definition) is 4. The molecule has 0 fully saturated rings. The van der Waals surface area contributed by atoms with E-state index >= 15 is 0 Å². The molecule has 0 bridgehead atoms. The number of halogens is 4. The van der Waals surface area contributed by atoms with Crippen molar-refractivity contribution in [1.29, 1.82) is 0 Å². The summed E-state index contributed by atoms with van der Waals surface area (Å²) in [5.74, 6) is -0.848. The molecule has 0 atom stereocenters. The lowest BCUT2D eigenvalue weighted by atomic mass is 10.1. The molecule has 2 rings (SSSR count). The molecule has 92 valence electrons. The molecule has 0 saturated heterocycles. The van der Waals surface area contributed by atoms with Crippen molar-refractivity contribution in [2.75, 3.05) is 5.75 Å². The van der Waals surface area contributed by atoms with Gasteiger partial charge in [-0.1, -0.05) is 0 Å². The quantitative estimate of drug-likeness (QED) is 0.583. The predicted molar refractivity (Wildman–Crippen MR) is 60.1 cm³/mol. The zero-order valence-electron chi connectivity index (χ0n) is 8.25. The van der Waals surface area contributed by atoms with E-state index in [1.807, 2.05) is 0 Å². The molecule has 17 heavy (non-hydrogen) atoms. The van der Waals surface area contributed by atoms with E-state index in [0.717, 1.165) is 18.0 Å². The monoisotopic (exact) mass is 282 g/mol. The highest BCUT2D eigenvalue weighted by molar-refractivity contribution is 7.99. The molecule has 0 spiro atoms. The number of rotatable bonds is 0. The molecule has 8 heteroatoms. The molecule has 1 aromatic heterocycles. The van der Waals surface area contributed by atoms with Crippen molar-refractivity contribution in [1.82, 2.24) is 4.98 Å². The van der Waals surface area contributed by atoms with Crippen molar-refractivity contribution in [3.05, 3.63) is 23.3 Å². The number of thiol groups is 1. The summed E-state index contributed by atoms with van der Waals surface area (Å²) in [5.41, 5.74) is -0.729. The number of pyridine rings is 1. The molecule has 0 aromatic carbocycles. The number of fused-ring (bicyclic) bond motifs is 1. The number of hydrogen-bond donors (Lipinski definition) is 1. The molecular formula is C9H6F4N2S2. The van der Waals surface area contributed by atoms with Crippen LogP contribution in [0.2, 0.25) is 0 Å². The lowest BCUT2D eigenvalue weighted by molar-refractivity contribution is -0.144. The van der Waals surface area contributed by atoms with Crippen LogP contribution in [-0.2, 0) is 6.18 Å². The lowest BCUT2D eigenvalue weighted by Crippen LogP contribution is -2.17. The van der Waals surface area contributed by atoms with Crippen LogP contribution in [0.4, 0.5) is 17.6 Å². The average Bonchev–Trinajstić information content (AvgIpc) is 2.27. The highest BCUT2D eigenvalue weighted by Crippen LogP contribution is 2.38. The van der Waals surface area contributed by atoms with Gasteiger partial charge in [-0.25, -0.2) is 13.8 Å². The summed E-state index contributed by atoms with van der Waals surface area (Å²) in [6.45, 7) is 0. The van der Waals surface area contributed by atoms with Crippen LogP contribution in [0.15, 0.2) is 15.5 Å². The van der Waals surface area contributed by atoms with Crippen LogP contribution in [0.3, 0.4) is 0 Å². The molecule has 2 heterocycles. The number of nitrogens with zero attached hydrogens (tertiary/aromatic N) is 2. The van der Waals surface area contributed by atoms with Crippen molar-refractivity contribution in [2.45, 2.75) is 17.5 Å². The van der Waals surface area contributed by atoms with Crippen molar-refractivity contribution in [2.24, 2.45) is 4.40 Å². The molecule has 0 amide bonds. The standard InChI is InChI=1S/C9H6F4N2S2/c10-6-7-4(5(15-16)1-2-17-7)3-14-8(6)9(11,12)13/h3,16H,1-2H2. The molecule has 0 saturated carbocycles. The van der Waals surface area contributed by atoms with Crippen LogP contribution >= 0.6 is 24.6 Å². The van der Waals surface area contributed by atoms with E-state index < -0.39 is 17.7 Å². The maximum atomic E-state index is 13.7. The summed E-state index contributed by atoms with van der Waals surface area (Å²) in [4.78, 5) is 3.08. The second-order valence-electron chi connectivity index (χ2n) is 3.31. The fourth-order valence-electron chi connectivity index (χ4n) is 1.50. The number of aromatic nitrogens is 1. The highest BCUT2D eigenvalue weighted by atomic mass is 32.2. The lowest BCUT2D eigenvalue weighted by Gasteiger charge is -2.18. The summed E-state index contributed by atoms with van der Waals surface area (Å²) in [6.07, 6.45) is -3.24. The SMILES string of the molecule is Fc1c(C(F)(F)F)ncc2c1SCCC2=NS. The van der Waals surface area contributed by atoms with E-state index in [9.17, 15) is 17.6 Å². The minimum absolute atomic E-state index is 0.0497. The molecule has 2 nitrogen and oxygen atoms in total. The third-order valence-corrected chi connectivity index (χ3v) is 3.60. The first-order chi connectivity index (χ1) is 7.95. The Morgan fingerprint density at radius 3 is 2.71 bits per heavy atom. The second-order valence-corrected chi connectivity index (χ2v) is 4.61. The van der Waals surface area contributed by atoms with Crippen molar-refractivity contribution >= 4 is 30.3 Å². The van der Waals surface area contributed by atoms with Gasteiger partial charge < -0.3 is 0 Å². The van der Waals surface area contributed by atoms with E-state index in [-0.39, 0.29) is 4.90 Å². The smallest absolute Gasteiger partial charge is 0.248 e. The van der Waals surface area contributed by atoms with E-state index in [4.69, 9.17) is 0 Å². The third kappa shape index (κ3) is 2.28. The van der Waals surface area contributed by atoms with Crippen molar-refractivity contribution in [3.63, 3.8) is 0 Å². The van der Waals surface area contributed by atoms with Crippen LogP contribution in [0.5, 0.6) is 0 Å². The number of alkyl halides is 3. The van der Waals surface area contributed by atoms with Crippen LogP contribution in [0.1, 0.15) is 17.7 Å². The van der Waals surface area contributed by atoms with E-state index in [0.29, 0.717) is 23.4 Å². The van der Waals surface area contributed by atoms with Gasteiger partial charge in [0.15, 0.2) is 11.5 Å². The Labute approximate surface area is 104 Å². The first-order valence-corrected chi connectivity index (χ1v) is 5.93. The molecular weight excluding hydrogens is 276 g/mol. The van der Waals surface area contributed by atoms with Gasteiger partial charge in [0.2, 0.25) is 0 Å². The first kappa shape index (κ1) is 12.7. The Balaban J connectivity index is 2.61. The van der Waals surface area contributed by atoms with Crippen molar-refractivity contribution < 1.29 is 17.6 Å². The van der Waals surface area contributed by atoms with Gasteiger partial charge in [0.05, 0.1) is 10.6 Å². The largest absolute Gasteiger partial charge is 0.436 e. The Morgan fingerprint density at radius 1 is 1.41 bits per heavy atom. The highest BCUT2D eigenvalue weighted by Gasteiger charge is 2.38. The second kappa shape index (κ2) is 4.49. The fraction of sp³-hybridized carbons (Fsp3) is 0.333. The van der Waals surface area contributed by atoms with Gasteiger partial charge in [-0.3, -0.25) is 0 Å². The van der Waals surface area contributed by atoms with Crippen LogP contribution < -0.4 is 0 Å². The third-order valence-electron chi connectivity index (χ3n) is 2.26. The van der Waals surface area contributed by atoms with E-state index in [2.05, 4.69) is 22.2 Å². The zero-order chi connectivity index (χ0) is 12.6. The van der Waals surface area contributed by atoms with E-state index in [1.165, 1.54) is 0 Å². The van der Waals surface area contributed by atoms with Crippen LogP contribution in [-0.4, -0.2) is 16.4 Å². The summed E-state index contributed by atoms with van der Waals surface area (Å²) in [7, 11) is 0. The van der Waals surface area contributed by atoms with E-state index in [1.54, 1.807) is 0 Å². The predicted octanol–water partition coefficient (Wildman–Crippen LogP) is 3.37. The average molecular weight is 282 g/mol. The van der Waals surface area contributed by atoms with Crippen molar-refractivity contribution in [3.8, 4) is 0 Å². The molecule has 0 N–H and O–H groups in total. The fourth-order valence-corrected chi connectivity index (χ4v) is 2.76. The number of thioether (sulfide) groups is 1. The van der Waals surface area contributed by atoms with Gasteiger partial charge in [-0.2, -0.15) is 13.2 Å². The Hall–Kier alpha value is -0.760. The Bertz CT molecular complexity index is 485. The molecule has 1 aliphatic heterocycles. The topological polar surface area (TPSA) is 25.2 Å². The molecule has 0 radical (unpaired) electrons. The molecule has 0 unspecified atom stereocenters. The van der Waals surface area contributed by atoms with Gasteiger partial charge in [0.1, 0.15) is 0 Å². The van der Waals surface area contributed by atoms with Gasteiger partial charge in [0, 0.05) is 23.9 Å². The van der Waals surface area contributed by atoms with Gasteiger partial charge in [-0.15, -0.1) is 11.8 Å². The zero-order valence-corrected chi connectivity index (χ0v) is 9.96. The minimum Gasteiger partial charge on any atom is -0.248 e. The Kier molecular flexibility index (Phi) is 3.35. The summed E-state index contributed by atoms with van der Waals surface area (Å²) >= 11 is 4.75. The maximum absolute atomic E-state index is 13.7. The van der Waals surface area contributed by atoms with Gasteiger partial charge in [0.25, 0.3) is 0 Å². The molecule has 1 aliphatic rings. The minimum atomic E-state index is -4.78.